The number of aromatic nitrogens is 1. The number of hydrogen-bond donors (Lipinski definition) is 1. The molecule has 20 heavy (non-hydrogen) atoms. The SMILES string of the molecule is CCCc1cc(CO)cc(OC2CC(C)OC(C)C2)n1. The summed E-state index contributed by atoms with van der Waals surface area (Å²) in [5.74, 6) is 0.631. The molecule has 1 N–H and O–H groups in total. The van der Waals surface area contributed by atoms with Gasteiger partial charge in [-0.1, -0.05) is 13.3 Å². The summed E-state index contributed by atoms with van der Waals surface area (Å²) < 4.78 is 11.7. The van der Waals surface area contributed by atoms with Gasteiger partial charge in [0.1, 0.15) is 6.10 Å². The van der Waals surface area contributed by atoms with Gasteiger partial charge in [0.25, 0.3) is 0 Å². The Morgan fingerprint density at radius 3 is 2.60 bits per heavy atom. The van der Waals surface area contributed by atoms with Gasteiger partial charge in [-0.3, -0.25) is 0 Å². The van der Waals surface area contributed by atoms with Gasteiger partial charge in [0.2, 0.25) is 5.88 Å². The molecule has 4 nitrogen and oxygen atoms in total. The maximum absolute atomic E-state index is 9.34. The minimum absolute atomic E-state index is 0.0240. The molecule has 112 valence electrons. The standard InChI is InChI=1S/C16H25NO3/c1-4-5-14-8-13(10-18)9-16(17-14)20-15-6-11(2)19-12(3)7-15/h8-9,11-12,15,18H,4-7,10H2,1-3H3. The first-order valence-electron chi connectivity index (χ1n) is 7.53. The van der Waals surface area contributed by atoms with Crippen LogP contribution in [0.4, 0.5) is 0 Å². The average molecular weight is 279 g/mol. The monoisotopic (exact) mass is 279 g/mol. The highest BCUT2D eigenvalue weighted by Gasteiger charge is 2.26. The van der Waals surface area contributed by atoms with Gasteiger partial charge >= 0.3 is 0 Å². The highest BCUT2D eigenvalue weighted by molar-refractivity contribution is 5.25. The molecule has 1 aromatic heterocycles. The highest BCUT2D eigenvalue weighted by atomic mass is 16.5. The first-order valence-corrected chi connectivity index (χ1v) is 7.53. The van der Waals surface area contributed by atoms with Crippen LogP contribution in [0, 0.1) is 0 Å². The van der Waals surface area contributed by atoms with Crippen molar-refractivity contribution >= 4 is 0 Å². The van der Waals surface area contributed by atoms with Crippen LogP contribution < -0.4 is 4.74 Å². The van der Waals surface area contributed by atoms with Gasteiger partial charge in [-0.05, 0) is 31.9 Å². The average Bonchev–Trinajstić information content (AvgIpc) is 2.37. The molecule has 0 radical (unpaired) electrons. The Balaban J connectivity index is 2.09. The van der Waals surface area contributed by atoms with Gasteiger partial charge in [-0.2, -0.15) is 0 Å². The summed E-state index contributed by atoms with van der Waals surface area (Å²) >= 11 is 0. The lowest BCUT2D eigenvalue weighted by Crippen LogP contribution is -2.35. The molecule has 0 aromatic carbocycles. The Labute approximate surface area is 121 Å². The van der Waals surface area contributed by atoms with Crippen LogP contribution in [-0.4, -0.2) is 28.4 Å². The Bertz CT molecular complexity index is 426. The van der Waals surface area contributed by atoms with Gasteiger partial charge in [-0.25, -0.2) is 4.98 Å². The Morgan fingerprint density at radius 2 is 2.00 bits per heavy atom. The molecule has 0 bridgehead atoms. The third kappa shape index (κ3) is 4.18. The number of nitrogens with zero attached hydrogens (tertiary/aromatic N) is 1. The fourth-order valence-corrected chi connectivity index (χ4v) is 2.77. The molecule has 2 heterocycles. The number of pyridine rings is 1. The maximum Gasteiger partial charge on any atom is 0.214 e. The summed E-state index contributed by atoms with van der Waals surface area (Å²) in [6, 6.07) is 3.79. The molecule has 0 amide bonds. The van der Waals surface area contributed by atoms with Crippen LogP contribution in [0.25, 0.3) is 0 Å². The van der Waals surface area contributed by atoms with E-state index in [0.29, 0.717) is 5.88 Å². The number of rotatable bonds is 5. The molecule has 2 atom stereocenters. The molecule has 4 heteroatoms. The van der Waals surface area contributed by atoms with Crippen LogP contribution in [0.2, 0.25) is 0 Å². The summed E-state index contributed by atoms with van der Waals surface area (Å²) in [5.41, 5.74) is 1.86. The molecule has 0 aliphatic carbocycles. The molecule has 1 aliphatic rings. The predicted octanol–water partition coefficient (Wildman–Crippen LogP) is 2.86. The maximum atomic E-state index is 9.34. The van der Waals surface area contributed by atoms with Crippen molar-refractivity contribution in [1.82, 2.24) is 4.98 Å². The van der Waals surface area contributed by atoms with Crippen LogP contribution in [0.3, 0.4) is 0 Å². The van der Waals surface area contributed by atoms with Crippen molar-refractivity contribution in [1.29, 1.82) is 0 Å². The van der Waals surface area contributed by atoms with Crippen LogP contribution in [0.1, 0.15) is 51.3 Å². The van der Waals surface area contributed by atoms with Gasteiger partial charge in [0, 0.05) is 24.6 Å². The lowest BCUT2D eigenvalue weighted by atomic mass is 10.0. The van der Waals surface area contributed by atoms with Crippen molar-refractivity contribution in [2.75, 3.05) is 0 Å². The molecule has 1 fully saturated rings. The molecule has 1 saturated heterocycles. The van der Waals surface area contributed by atoms with E-state index in [4.69, 9.17) is 9.47 Å². The second kappa shape index (κ2) is 7.04. The first kappa shape index (κ1) is 15.3. The number of aryl methyl sites for hydroxylation is 1. The highest BCUT2D eigenvalue weighted by Crippen LogP contribution is 2.24. The normalized spacial score (nSPS) is 26.5. The zero-order valence-electron chi connectivity index (χ0n) is 12.6. The zero-order chi connectivity index (χ0) is 14.5. The van der Waals surface area contributed by atoms with Crippen molar-refractivity contribution in [3.05, 3.63) is 23.4 Å². The summed E-state index contributed by atoms with van der Waals surface area (Å²) in [4.78, 5) is 4.54. The zero-order valence-corrected chi connectivity index (χ0v) is 12.6. The number of aliphatic hydroxyl groups is 1. The summed E-state index contributed by atoms with van der Waals surface area (Å²) in [6.45, 7) is 6.30. The first-order chi connectivity index (χ1) is 9.60. The second-order valence-electron chi connectivity index (χ2n) is 5.68. The predicted molar refractivity (Wildman–Crippen MR) is 77.8 cm³/mol. The third-order valence-electron chi connectivity index (χ3n) is 3.55. The fourth-order valence-electron chi connectivity index (χ4n) is 2.77. The second-order valence-corrected chi connectivity index (χ2v) is 5.68. The molecule has 1 aliphatic heterocycles. The number of ether oxygens (including phenoxy) is 2. The molecule has 0 saturated carbocycles. The summed E-state index contributed by atoms with van der Waals surface area (Å²) in [5, 5.41) is 9.34. The van der Waals surface area contributed by atoms with Crippen molar-refractivity contribution in [3.8, 4) is 5.88 Å². The summed E-state index contributed by atoms with van der Waals surface area (Å²) in [7, 11) is 0. The van der Waals surface area contributed by atoms with E-state index in [2.05, 4.69) is 25.8 Å². The van der Waals surface area contributed by atoms with E-state index in [0.717, 1.165) is 36.9 Å². The Hall–Kier alpha value is -1.13. The quantitative estimate of drug-likeness (QED) is 0.900. The van der Waals surface area contributed by atoms with E-state index >= 15 is 0 Å². The lowest BCUT2D eigenvalue weighted by molar-refractivity contribution is -0.0730. The van der Waals surface area contributed by atoms with Crippen LogP contribution >= 0.6 is 0 Å². The van der Waals surface area contributed by atoms with E-state index in [1.165, 1.54) is 0 Å². The van der Waals surface area contributed by atoms with Gasteiger partial charge < -0.3 is 14.6 Å². The van der Waals surface area contributed by atoms with Gasteiger partial charge in [0.15, 0.2) is 0 Å². The molecular formula is C16H25NO3. The minimum Gasteiger partial charge on any atom is -0.474 e. The van der Waals surface area contributed by atoms with Gasteiger partial charge in [0.05, 0.1) is 18.8 Å². The lowest BCUT2D eigenvalue weighted by Gasteiger charge is -2.32. The van der Waals surface area contributed by atoms with E-state index in [-0.39, 0.29) is 24.9 Å². The van der Waals surface area contributed by atoms with Crippen LogP contribution in [0.15, 0.2) is 12.1 Å². The number of aliphatic hydroxyl groups excluding tert-OH is 1. The van der Waals surface area contributed by atoms with E-state index in [1.807, 2.05) is 12.1 Å². The molecule has 2 unspecified atom stereocenters. The molecule has 2 rings (SSSR count). The number of hydrogen-bond acceptors (Lipinski definition) is 4. The minimum atomic E-state index is 0.0240. The van der Waals surface area contributed by atoms with Crippen LogP contribution in [0.5, 0.6) is 5.88 Å². The van der Waals surface area contributed by atoms with Gasteiger partial charge in [-0.15, -0.1) is 0 Å². The fraction of sp³-hybridized carbons (Fsp3) is 0.688. The van der Waals surface area contributed by atoms with Crippen molar-refractivity contribution in [2.24, 2.45) is 0 Å². The Morgan fingerprint density at radius 1 is 1.30 bits per heavy atom. The topological polar surface area (TPSA) is 51.6 Å². The van der Waals surface area contributed by atoms with Crippen LogP contribution in [-0.2, 0) is 17.8 Å². The summed E-state index contributed by atoms with van der Waals surface area (Å²) in [6.07, 6.45) is 4.30. The van der Waals surface area contributed by atoms with E-state index in [1.54, 1.807) is 0 Å². The largest absolute Gasteiger partial charge is 0.474 e. The van der Waals surface area contributed by atoms with Crippen molar-refractivity contribution in [3.63, 3.8) is 0 Å². The van der Waals surface area contributed by atoms with E-state index < -0.39 is 0 Å². The molecule has 0 spiro atoms. The van der Waals surface area contributed by atoms with Crippen molar-refractivity contribution in [2.45, 2.75) is 71.4 Å². The molecular weight excluding hydrogens is 254 g/mol. The molecule has 1 aromatic rings. The smallest absolute Gasteiger partial charge is 0.214 e. The third-order valence-corrected chi connectivity index (χ3v) is 3.55. The van der Waals surface area contributed by atoms with Crippen molar-refractivity contribution < 1.29 is 14.6 Å². The van der Waals surface area contributed by atoms with E-state index in [9.17, 15) is 5.11 Å². The Kier molecular flexibility index (Phi) is 5.38.